The predicted octanol–water partition coefficient (Wildman–Crippen LogP) is 2.54. The van der Waals surface area contributed by atoms with E-state index in [1.807, 2.05) is 4.90 Å². The molecule has 0 aromatic heterocycles. The number of carbonyl (C=O) groups is 3. The predicted molar refractivity (Wildman–Crippen MR) is 121 cm³/mol. The lowest BCUT2D eigenvalue weighted by Gasteiger charge is -2.53. The number of nitrogens with zero attached hydrogens (tertiary/aromatic N) is 2. The Morgan fingerprint density at radius 1 is 1.09 bits per heavy atom. The van der Waals surface area contributed by atoms with Gasteiger partial charge in [-0.25, -0.2) is 4.79 Å². The van der Waals surface area contributed by atoms with Gasteiger partial charge < -0.3 is 25.0 Å². The van der Waals surface area contributed by atoms with Crippen molar-refractivity contribution in [3.05, 3.63) is 41.1 Å². The number of hydrogen-bond donors (Lipinski definition) is 2. The standard InChI is InChI=1S/C24H33N3O5/c1-23(2)11-6-12-24(3,4)27(23)20(29)16-7-9-17(10-8-16)25-19-18(22(31)32-5)15-26(13-14-28)21(19)30/h7-10,25,28H,6,11-15H2,1-5H3. The van der Waals surface area contributed by atoms with Crippen molar-refractivity contribution in [1.82, 2.24) is 9.80 Å². The number of anilines is 1. The molecule has 0 saturated carbocycles. The molecule has 1 aromatic carbocycles. The maximum atomic E-state index is 13.4. The molecular formula is C24H33N3O5. The number of benzene rings is 1. The van der Waals surface area contributed by atoms with Crippen LogP contribution in [-0.4, -0.2) is 70.6 Å². The number of esters is 1. The lowest BCUT2D eigenvalue weighted by atomic mass is 9.79. The van der Waals surface area contributed by atoms with Crippen LogP contribution in [-0.2, 0) is 14.3 Å². The van der Waals surface area contributed by atoms with Crippen molar-refractivity contribution in [1.29, 1.82) is 0 Å². The Bertz CT molecular complexity index is 917. The van der Waals surface area contributed by atoms with E-state index < -0.39 is 5.97 Å². The molecule has 1 saturated heterocycles. The third-order valence-electron chi connectivity index (χ3n) is 6.35. The van der Waals surface area contributed by atoms with Gasteiger partial charge in [0.15, 0.2) is 0 Å². The van der Waals surface area contributed by atoms with E-state index in [1.54, 1.807) is 24.3 Å². The molecule has 1 aromatic rings. The molecule has 2 N–H and O–H groups in total. The summed E-state index contributed by atoms with van der Waals surface area (Å²) in [7, 11) is 1.26. The van der Waals surface area contributed by atoms with Crippen LogP contribution in [0.2, 0.25) is 0 Å². The summed E-state index contributed by atoms with van der Waals surface area (Å²) in [5, 5.41) is 12.2. The number of rotatable bonds is 6. The first-order valence-corrected chi connectivity index (χ1v) is 10.9. The molecule has 8 nitrogen and oxygen atoms in total. The highest BCUT2D eigenvalue weighted by Gasteiger charge is 2.44. The number of amides is 2. The fourth-order valence-corrected chi connectivity index (χ4v) is 4.86. The zero-order chi connectivity index (χ0) is 23.7. The van der Waals surface area contributed by atoms with Crippen molar-refractivity contribution < 1.29 is 24.2 Å². The molecule has 0 spiro atoms. The molecule has 2 aliphatic rings. The molecule has 2 amide bonds. The molecule has 8 heteroatoms. The van der Waals surface area contributed by atoms with Gasteiger partial charge in [0.05, 0.1) is 25.8 Å². The van der Waals surface area contributed by atoms with E-state index in [1.165, 1.54) is 12.0 Å². The Morgan fingerprint density at radius 2 is 1.69 bits per heavy atom. The summed E-state index contributed by atoms with van der Waals surface area (Å²) >= 11 is 0. The minimum absolute atomic E-state index is 0.0215. The molecule has 2 heterocycles. The summed E-state index contributed by atoms with van der Waals surface area (Å²) < 4.78 is 4.81. The number of nitrogens with one attached hydrogen (secondary N) is 1. The number of carbonyl (C=O) groups excluding carboxylic acids is 3. The molecule has 2 aliphatic heterocycles. The number of hydrogen-bond acceptors (Lipinski definition) is 6. The monoisotopic (exact) mass is 443 g/mol. The van der Waals surface area contributed by atoms with Crippen LogP contribution < -0.4 is 5.32 Å². The third-order valence-corrected chi connectivity index (χ3v) is 6.35. The van der Waals surface area contributed by atoms with Gasteiger partial charge in [-0.05, 0) is 71.2 Å². The van der Waals surface area contributed by atoms with Gasteiger partial charge in [0.1, 0.15) is 5.70 Å². The number of β-amino-alcohol motifs (C(OH)–C–C–N with tert-alkyl or cyclic N) is 1. The molecule has 0 radical (unpaired) electrons. The van der Waals surface area contributed by atoms with Crippen molar-refractivity contribution in [2.24, 2.45) is 0 Å². The van der Waals surface area contributed by atoms with E-state index in [4.69, 9.17) is 4.74 Å². The summed E-state index contributed by atoms with van der Waals surface area (Å²) in [4.78, 5) is 41.6. The topological polar surface area (TPSA) is 99.2 Å². The highest BCUT2D eigenvalue weighted by atomic mass is 16.5. The van der Waals surface area contributed by atoms with E-state index in [0.29, 0.717) is 11.3 Å². The quantitative estimate of drug-likeness (QED) is 0.656. The van der Waals surface area contributed by atoms with Crippen molar-refractivity contribution >= 4 is 23.5 Å². The SMILES string of the molecule is COC(=O)C1=C(Nc2ccc(C(=O)N3C(C)(C)CCCC3(C)C)cc2)C(=O)N(CCO)C1. The van der Waals surface area contributed by atoms with Gasteiger partial charge in [-0.3, -0.25) is 9.59 Å². The maximum Gasteiger partial charge on any atom is 0.337 e. The van der Waals surface area contributed by atoms with Gasteiger partial charge in [-0.15, -0.1) is 0 Å². The molecule has 0 bridgehead atoms. The van der Waals surface area contributed by atoms with Gasteiger partial charge in [0.25, 0.3) is 11.8 Å². The Kier molecular flexibility index (Phi) is 6.64. The summed E-state index contributed by atoms with van der Waals surface area (Å²) in [5.74, 6) is -0.995. The second-order valence-electron chi connectivity index (χ2n) is 9.62. The second kappa shape index (κ2) is 8.94. The van der Waals surface area contributed by atoms with Crippen molar-refractivity contribution in [3.8, 4) is 0 Å². The first-order valence-electron chi connectivity index (χ1n) is 10.9. The van der Waals surface area contributed by atoms with Gasteiger partial charge >= 0.3 is 5.97 Å². The molecule has 32 heavy (non-hydrogen) atoms. The van der Waals surface area contributed by atoms with Crippen molar-refractivity contribution in [3.63, 3.8) is 0 Å². The van der Waals surface area contributed by atoms with Gasteiger partial charge in [-0.1, -0.05) is 0 Å². The second-order valence-corrected chi connectivity index (χ2v) is 9.62. The average molecular weight is 444 g/mol. The van der Waals surface area contributed by atoms with Crippen LogP contribution in [0, 0.1) is 0 Å². The Morgan fingerprint density at radius 3 is 2.22 bits per heavy atom. The number of aliphatic hydroxyl groups is 1. The highest BCUT2D eigenvalue weighted by Crippen LogP contribution is 2.39. The summed E-state index contributed by atoms with van der Waals surface area (Å²) in [6.45, 7) is 8.41. The number of methoxy groups -OCH3 is 1. The minimum Gasteiger partial charge on any atom is -0.466 e. The van der Waals surface area contributed by atoms with Crippen LogP contribution >= 0.6 is 0 Å². The largest absolute Gasteiger partial charge is 0.466 e. The zero-order valence-corrected chi connectivity index (χ0v) is 19.5. The van der Waals surface area contributed by atoms with Gasteiger partial charge in [0, 0.05) is 28.9 Å². The number of likely N-dealkylation sites (tertiary alicyclic amines) is 1. The number of piperidine rings is 1. The number of ether oxygens (including phenoxy) is 1. The van der Waals surface area contributed by atoms with E-state index in [9.17, 15) is 19.5 Å². The minimum atomic E-state index is -0.595. The van der Waals surface area contributed by atoms with Crippen molar-refractivity contribution in [2.75, 3.05) is 32.1 Å². The average Bonchev–Trinajstić information content (AvgIpc) is 3.02. The third kappa shape index (κ3) is 4.50. The first-order chi connectivity index (χ1) is 15.0. The Hall–Kier alpha value is -2.87. The van der Waals surface area contributed by atoms with E-state index >= 15 is 0 Å². The smallest absolute Gasteiger partial charge is 0.337 e. The molecule has 174 valence electrons. The maximum absolute atomic E-state index is 13.4. The number of aliphatic hydroxyl groups excluding tert-OH is 1. The van der Waals surface area contributed by atoms with E-state index in [-0.39, 0.29) is 53.9 Å². The van der Waals surface area contributed by atoms with Gasteiger partial charge in [0.2, 0.25) is 0 Å². The highest BCUT2D eigenvalue weighted by molar-refractivity contribution is 6.08. The normalized spacial score (nSPS) is 19.9. The van der Waals surface area contributed by atoms with Crippen LogP contribution in [0.15, 0.2) is 35.5 Å². The van der Waals surface area contributed by atoms with Crippen LogP contribution in [0.5, 0.6) is 0 Å². The summed E-state index contributed by atoms with van der Waals surface area (Å²) in [5.41, 5.74) is 1.02. The lowest BCUT2D eigenvalue weighted by molar-refractivity contribution is -0.136. The summed E-state index contributed by atoms with van der Waals surface area (Å²) in [6.07, 6.45) is 3.00. The van der Waals surface area contributed by atoms with E-state index in [2.05, 4.69) is 33.0 Å². The summed E-state index contributed by atoms with van der Waals surface area (Å²) in [6, 6.07) is 6.91. The van der Waals surface area contributed by atoms with Crippen LogP contribution in [0.1, 0.15) is 57.3 Å². The van der Waals surface area contributed by atoms with E-state index in [0.717, 1.165) is 19.3 Å². The van der Waals surface area contributed by atoms with Crippen LogP contribution in [0.25, 0.3) is 0 Å². The van der Waals surface area contributed by atoms with Crippen LogP contribution in [0.4, 0.5) is 5.69 Å². The molecule has 0 unspecified atom stereocenters. The molecule has 1 fully saturated rings. The fraction of sp³-hybridized carbons (Fsp3) is 0.542. The molecular weight excluding hydrogens is 410 g/mol. The fourth-order valence-electron chi connectivity index (χ4n) is 4.86. The zero-order valence-electron chi connectivity index (χ0n) is 19.5. The van der Waals surface area contributed by atoms with Crippen LogP contribution in [0.3, 0.4) is 0 Å². The Balaban J connectivity index is 1.83. The molecule has 0 aliphatic carbocycles. The Labute approximate surface area is 189 Å². The lowest BCUT2D eigenvalue weighted by Crippen LogP contribution is -2.60. The molecule has 0 atom stereocenters. The molecule has 3 rings (SSSR count). The van der Waals surface area contributed by atoms with Gasteiger partial charge in [-0.2, -0.15) is 0 Å². The first kappa shape index (κ1) is 23.8. The van der Waals surface area contributed by atoms with Crippen molar-refractivity contribution in [2.45, 2.75) is 58.0 Å².